The molecule has 4 rings (SSSR count). The third-order valence-electron chi connectivity index (χ3n) is 6.13. The van der Waals surface area contributed by atoms with Crippen molar-refractivity contribution < 1.29 is 9.53 Å². The lowest BCUT2D eigenvalue weighted by Gasteiger charge is -2.48. The summed E-state index contributed by atoms with van der Waals surface area (Å²) in [5.74, 6) is -0.0114. The van der Waals surface area contributed by atoms with Crippen molar-refractivity contribution in [2.75, 3.05) is 39.9 Å². The maximum atomic E-state index is 12.8. The summed E-state index contributed by atoms with van der Waals surface area (Å²) in [6, 6.07) is 8.80. The number of nitrogens with zero attached hydrogens (tertiary/aromatic N) is 4. The van der Waals surface area contributed by atoms with Gasteiger partial charge in [-0.3, -0.25) is 14.7 Å². The number of rotatable bonds is 4. The molecule has 148 valence electrons. The Morgan fingerprint density at radius 2 is 1.96 bits per heavy atom. The fourth-order valence-electron chi connectivity index (χ4n) is 4.59. The van der Waals surface area contributed by atoms with Gasteiger partial charge in [-0.1, -0.05) is 24.3 Å². The third kappa shape index (κ3) is 3.66. The molecule has 0 bridgehead atoms. The predicted molar refractivity (Wildman–Crippen MR) is 107 cm³/mol. The molecule has 6 heteroatoms. The van der Waals surface area contributed by atoms with Gasteiger partial charge in [-0.15, -0.1) is 0 Å². The third-order valence-corrected chi connectivity index (χ3v) is 6.13. The molecule has 2 aromatic rings. The first kappa shape index (κ1) is 19.0. The Balaban J connectivity index is 1.51. The summed E-state index contributed by atoms with van der Waals surface area (Å²) in [6.45, 7) is 7.06. The van der Waals surface area contributed by atoms with E-state index in [2.05, 4.69) is 39.1 Å². The predicted octanol–water partition coefficient (Wildman–Crippen LogP) is 2.42. The minimum absolute atomic E-state index is 0.0114. The minimum Gasteiger partial charge on any atom is -0.383 e. The number of fused-ring (bicyclic) bond motifs is 2. The zero-order valence-corrected chi connectivity index (χ0v) is 16.7. The zero-order valence-electron chi connectivity index (χ0n) is 16.7. The maximum absolute atomic E-state index is 12.8. The number of carbonyl (C=O) groups excluding carboxylic acids is 1. The van der Waals surface area contributed by atoms with Crippen molar-refractivity contribution in [2.45, 2.75) is 31.7 Å². The molecule has 0 saturated carbocycles. The molecule has 2 aliphatic rings. The van der Waals surface area contributed by atoms with Crippen molar-refractivity contribution in [1.29, 1.82) is 0 Å². The van der Waals surface area contributed by atoms with Gasteiger partial charge in [-0.05, 0) is 30.9 Å². The van der Waals surface area contributed by atoms with E-state index >= 15 is 0 Å². The second kappa shape index (κ2) is 7.97. The van der Waals surface area contributed by atoms with Crippen LogP contribution in [0.5, 0.6) is 0 Å². The molecule has 1 aromatic heterocycles. The van der Waals surface area contributed by atoms with Crippen LogP contribution in [0, 0.1) is 6.92 Å². The highest BCUT2D eigenvalue weighted by atomic mass is 16.5. The van der Waals surface area contributed by atoms with Crippen LogP contribution in [0.1, 0.15) is 40.2 Å². The van der Waals surface area contributed by atoms with Gasteiger partial charge in [-0.25, -0.2) is 4.98 Å². The topological polar surface area (TPSA) is 58.6 Å². The lowest BCUT2D eigenvalue weighted by atomic mass is 9.69. The molecule has 0 atom stereocenters. The standard InChI is InChI=1S/C22H28N4O2/c1-17-13-24-20(14-23-17)21(27)26-9-7-22(8-10-26)16-25(11-12-28-2)15-18-5-3-4-6-19(18)22/h3-6,13-14H,7-12,15-16H2,1-2H3. The highest BCUT2D eigenvalue weighted by Gasteiger charge is 2.42. The van der Waals surface area contributed by atoms with E-state index in [4.69, 9.17) is 4.74 Å². The SMILES string of the molecule is COCCN1Cc2ccccc2C2(CCN(C(=O)c3cnc(C)cn3)CC2)C1. The number of aromatic nitrogens is 2. The van der Waals surface area contributed by atoms with Crippen molar-refractivity contribution in [3.8, 4) is 0 Å². The van der Waals surface area contributed by atoms with Gasteiger partial charge in [0.15, 0.2) is 0 Å². The lowest BCUT2D eigenvalue weighted by molar-refractivity contribution is 0.0552. The van der Waals surface area contributed by atoms with Gasteiger partial charge in [0.2, 0.25) is 0 Å². The van der Waals surface area contributed by atoms with Gasteiger partial charge in [-0.2, -0.15) is 0 Å². The first-order valence-electron chi connectivity index (χ1n) is 9.99. The van der Waals surface area contributed by atoms with E-state index in [-0.39, 0.29) is 11.3 Å². The fraction of sp³-hybridized carbons (Fsp3) is 0.500. The first-order chi connectivity index (χ1) is 13.6. The summed E-state index contributed by atoms with van der Waals surface area (Å²) in [7, 11) is 1.76. The molecule has 0 radical (unpaired) electrons. The fourth-order valence-corrected chi connectivity index (χ4v) is 4.59. The highest BCUT2D eigenvalue weighted by Crippen LogP contribution is 2.41. The van der Waals surface area contributed by atoms with Crippen LogP contribution in [-0.2, 0) is 16.7 Å². The largest absolute Gasteiger partial charge is 0.383 e. The van der Waals surface area contributed by atoms with Crippen molar-refractivity contribution in [1.82, 2.24) is 19.8 Å². The summed E-state index contributed by atoms with van der Waals surface area (Å²) < 4.78 is 5.31. The van der Waals surface area contributed by atoms with Crippen molar-refractivity contribution in [3.05, 3.63) is 59.2 Å². The number of ether oxygens (including phenoxy) is 1. The molecule has 1 fully saturated rings. The van der Waals surface area contributed by atoms with Crippen LogP contribution >= 0.6 is 0 Å². The number of likely N-dealkylation sites (tertiary alicyclic amines) is 1. The molecule has 3 heterocycles. The monoisotopic (exact) mass is 380 g/mol. The number of methoxy groups -OCH3 is 1. The molecule has 1 spiro atoms. The van der Waals surface area contributed by atoms with Crippen LogP contribution in [0.25, 0.3) is 0 Å². The number of amides is 1. The van der Waals surface area contributed by atoms with Gasteiger partial charge in [0.25, 0.3) is 5.91 Å². The van der Waals surface area contributed by atoms with Crippen molar-refractivity contribution >= 4 is 5.91 Å². The number of benzene rings is 1. The van der Waals surface area contributed by atoms with E-state index in [0.29, 0.717) is 5.69 Å². The van der Waals surface area contributed by atoms with E-state index in [0.717, 1.165) is 57.9 Å². The van der Waals surface area contributed by atoms with Gasteiger partial charge in [0.1, 0.15) is 5.69 Å². The molecule has 1 saturated heterocycles. The molecular weight excluding hydrogens is 352 g/mol. The van der Waals surface area contributed by atoms with Crippen LogP contribution in [0.4, 0.5) is 0 Å². The number of piperidine rings is 1. The Morgan fingerprint density at radius 1 is 1.18 bits per heavy atom. The number of aryl methyl sites for hydroxylation is 1. The molecule has 28 heavy (non-hydrogen) atoms. The van der Waals surface area contributed by atoms with E-state index in [1.807, 2.05) is 11.8 Å². The van der Waals surface area contributed by atoms with Gasteiger partial charge < -0.3 is 9.64 Å². The van der Waals surface area contributed by atoms with Gasteiger partial charge in [0, 0.05) is 51.4 Å². The zero-order chi connectivity index (χ0) is 19.6. The molecule has 6 nitrogen and oxygen atoms in total. The molecule has 1 amide bonds. The summed E-state index contributed by atoms with van der Waals surface area (Å²) in [5, 5.41) is 0. The number of carbonyl (C=O) groups is 1. The Morgan fingerprint density at radius 3 is 2.68 bits per heavy atom. The smallest absolute Gasteiger partial charge is 0.274 e. The van der Waals surface area contributed by atoms with Crippen LogP contribution in [0.3, 0.4) is 0 Å². The molecule has 2 aliphatic heterocycles. The van der Waals surface area contributed by atoms with Crippen LogP contribution in [0.15, 0.2) is 36.7 Å². The normalized spacial score (nSPS) is 18.9. The Bertz CT molecular complexity index is 829. The van der Waals surface area contributed by atoms with E-state index in [1.165, 1.54) is 11.1 Å². The van der Waals surface area contributed by atoms with Crippen LogP contribution in [-0.4, -0.2) is 65.6 Å². The molecule has 0 N–H and O–H groups in total. The average Bonchev–Trinajstić information content (AvgIpc) is 2.73. The van der Waals surface area contributed by atoms with Crippen molar-refractivity contribution in [3.63, 3.8) is 0 Å². The summed E-state index contributed by atoms with van der Waals surface area (Å²) in [4.78, 5) is 25.7. The van der Waals surface area contributed by atoms with E-state index in [9.17, 15) is 4.79 Å². The Labute approximate surface area is 166 Å². The molecular formula is C22H28N4O2. The lowest BCUT2D eigenvalue weighted by Crippen LogP contribution is -2.53. The summed E-state index contributed by atoms with van der Waals surface area (Å²) >= 11 is 0. The molecule has 1 aromatic carbocycles. The number of hydrogen-bond acceptors (Lipinski definition) is 5. The van der Waals surface area contributed by atoms with Crippen LogP contribution < -0.4 is 0 Å². The second-order valence-corrected chi connectivity index (χ2v) is 7.98. The molecule has 0 unspecified atom stereocenters. The quantitative estimate of drug-likeness (QED) is 0.815. The summed E-state index contributed by atoms with van der Waals surface area (Å²) in [5.41, 5.74) is 4.24. The average molecular weight is 380 g/mol. The van der Waals surface area contributed by atoms with Gasteiger partial charge in [0.05, 0.1) is 18.5 Å². The van der Waals surface area contributed by atoms with Crippen molar-refractivity contribution in [2.24, 2.45) is 0 Å². The maximum Gasteiger partial charge on any atom is 0.274 e. The highest BCUT2D eigenvalue weighted by molar-refractivity contribution is 5.92. The number of hydrogen-bond donors (Lipinski definition) is 0. The Kier molecular flexibility index (Phi) is 5.42. The van der Waals surface area contributed by atoms with Crippen LogP contribution in [0.2, 0.25) is 0 Å². The van der Waals surface area contributed by atoms with E-state index in [1.54, 1.807) is 19.5 Å². The summed E-state index contributed by atoms with van der Waals surface area (Å²) in [6.07, 6.45) is 5.19. The molecule has 0 aliphatic carbocycles. The minimum atomic E-state index is -0.0114. The second-order valence-electron chi connectivity index (χ2n) is 7.98. The Hall–Kier alpha value is -2.31. The van der Waals surface area contributed by atoms with E-state index < -0.39 is 0 Å². The van der Waals surface area contributed by atoms with Gasteiger partial charge >= 0.3 is 0 Å². The first-order valence-corrected chi connectivity index (χ1v) is 9.99.